The first-order valence-electron chi connectivity index (χ1n) is 11.9. The number of rotatable bonds is 3. The standard InChI is InChI=1S/C26H21FN4O5/c1-2-26(35)18-8-20-22-21(11-29(20)24(33)17(18)12-36-25(26)34)31(15-9-28-30(10-15)14-4-5-14)19-6-3-13(27)7-16(19)23(22)32/h3,6-10,14,35H,2,4-5,11-12H2,1H3/t26-/m0/s1. The van der Waals surface area contributed by atoms with Crippen molar-refractivity contribution in [2.75, 3.05) is 0 Å². The van der Waals surface area contributed by atoms with Crippen molar-refractivity contribution in [1.82, 2.24) is 18.9 Å². The molecule has 0 amide bonds. The summed E-state index contributed by atoms with van der Waals surface area (Å²) in [4.78, 5) is 39.8. The van der Waals surface area contributed by atoms with Gasteiger partial charge in [-0.05, 0) is 43.5 Å². The molecule has 1 fully saturated rings. The number of aliphatic hydroxyl groups is 1. The van der Waals surface area contributed by atoms with Gasteiger partial charge in [0.25, 0.3) is 5.56 Å². The molecule has 1 aromatic carbocycles. The second kappa shape index (κ2) is 7.01. The van der Waals surface area contributed by atoms with Crippen molar-refractivity contribution in [3.8, 4) is 16.9 Å². The molecule has 3 aliphatic rings. The van der Waals surface area contributed by atoms with Gasteiger partial charge in [0.1, 0.15) is 12.4 Å². The number of halogens is 1. The van der Waals surface area contributed by atoms with E-state index in [2.05, 4.69) is 5.10 Å². The molecule has 2 aliphatic heterocycles. The molecule has 0 saturated heterocycles. The van der Waals surface area contributed by atoms with E-state index in [-0.39, 0.29) is 47.3 Å². The number of hydrogen-bond acceptors (Lipinski definition) is 6. The summed E-state index contributed by atoms with van der Waals surface area (Å²) in [6, 6.07) is 5.92. The summed E-state index contributed by atoms with van der Waals surface area (Å²) < 4.78 is 24.6. The first kappa shape index (κ1) is 21.3. The van der Waals surface area contributed by atoms with Gasteiger partial charge >= 0.3 is 5.97 Å². The van der Waals surface area contributed by atoms with E-state index in [1.165, 1.54) is 22.8 Å². The SMILES string of the molecule is CC[C@@]1(O)C(=O)OCc2c1cc1n(c2=O)Cc2c-1c(=O)c1cc(F)ccc1n2-c1cnn(C2CC2)c1. The molecule has 0 radical (unpaired) electrons. The van der Waals surface area contributed by atoms with Crippen molar-refractivity contribution in [2.24, 2.45) is 0 Å². The van der Waals surface area contributed by atoms with Gasteiger partial charge in [-0.15, -0.1) is 0 Å². The van der Waals surface area contributed by atoms with Gasteiger partial charge in [-0.2, -0.15) is 5.10 Å². The smallest absolute Gasteiger partial charge is 0.343 e. The molecule has 1 atom stereocenters. The number of aromatic nitrogens is 4. The average Bonchev–Trinajstić information content (AvgIpc) is 3.48. The lowest BCUT2D eigenvalue weighted by atomic mass is 9.86. The minimum Gasteiger partial charge on any atom is -0.458 e. The Morgan fingerprint density at radius 2 is 2.03 bits per heavy atom. The van der Waals surface area contributed by atoms with Crippen molar-refractivity contribution in [3.05, 3.63) is 79.9 Å². The molecule has 9 nitrogen and oxygen atoms in total. The summed E-state index contributed by atoms with van der Waals surface area (Å²) >= 11 is 0. The Hall–Kier alpha value is -4.05. The van der Waals surface area contributed by atoms with Gasteiger partial charge in [-0.1, -0.05) is 6.92 Å². The van der Waals surface area contributed by atoms with E-state index in [4.69, 9.17) is 4.74 Å². The highest BCUT2D eigenvalue weighted by Crippen LogP contribution is 2.40. The molecule has 4 aromatic rings. The third-order valence-corrected chi connectivity index (χ3v) is 7.60. The summed E-state index contributed by atoms with van der Waals surface area (Å²) in [7, 11) is 0. The maximum absolute atomic E-state index is 14.3. The van der Waals surface area contributed by atoms with E-state index in [1.807, 2.05) is 15.4 Å². The van der Waals surface area contributed by atoms with E-state index in [0.29, 0.717) is 22.9 Å². The monoisotopic (exact) mass is 488 g/mol. The Kier molecular flexibility index (Phi) is 4.14. The molecular weight excluding hydrogens is 467 g/mol. The predicted octanol–water partition coefficient (Wildman–Crippen LogP) is 2.51. The first-order chi connectivity index (χ1) is 17.3. The number of carbonyl (C=O) groups is 1. The third kappa shape index (κ3) is 2.67. The van der Waals surface area contributed by atoms with Gasteiger partial charge in [0.2, 0.25) is 0 Å². The van der Waals surface area contributed by atoms with Crippen LogP contribution in [0.1, 0.15) is 49.0 Å². The Labute approximate surface area is 203 Å². The number of benzene rings is 1. The first-order valence-corrected chi connectivity index (χ1v) is 11.9. The van der Waals surface area contributed by atoms with Gasteiger partial charge in [0, 0.05) is 17.1 Å². The van der Waals surface area contributed by atoms with Gasteiger partial charge < -0.3 is 19.0 Å². The van der Waals surface area contributed by atoms with Crippen LogP contribution in [0.5, 0.6) is 0 Å². The highest BCUT2D eigenvalue weighted by atomic mass is 19.1. The summed E-state index contributed by atoms with van der Waals surface area (Å²) in [6.07, 6.45) is 5.68. The lowest BCUT2D eigenvalue weighted by molar-refractivity contribution is -0.172. The summed E-state index contributed by atoms with van der Waals surface area (Å²) in [5.41, 5.74) is -0.223. The summed E-state index contributed by atoms with van der Waals surface area (Å²) in [6.45, 7) is 1.46. The van der Waals surface area contributed by atoms with Gasteiger partial charge in [-0.3, -0.25) is 14.3 Å². The number of ether oxygens (including phenoxy) is 1. The van der Waals surface area contributed by atoms with E-state index in [1.54, 1.807) is 19.2 Å². The van der Waals surface area contributed by atoms with Crippen LogP contribution >= 0.6 is 0 Å². The lowest BCUT2D eigenvalue weighted by Crippen LogP contribution is -2.44. The predicted molar refractivity (Wildman–Crippen MR) is 126 cm³/mol. The quantitative estimate of drug-likeness (QED) is 0.391. The molecule has 182 valence electrons. The van der Waals surface area contributed by atoms with Crippen LogP contribution in [0.25, 0.3) is 27.8 Å². The van der Waals surface area contributed by atoms with Crippen LogP contribution in [0.2, 0.25) is 0 Å². The van der Waals surface area contributed by atoms with Crippen LogP contribution < -0.4 is 11.0 Å². The van der Waals surface area contributed by atoms with Crippen LogP contribution in [0.4, 0.5) is 4.39 Å². The lowest BCUT2D eigenvalue weighted by Gasteiger charge is -2.31. The second-order valence-electron chi connectivity index (χ2n) is 9.66. The normalized spacial score (nSPS) is 20.2. The Morgan fingerprint density at radius 1 is 1.22 bits per heavy atom. The molecule has 7 rings (SSSR count). The number of esters is 1. The molecule has 1 aliphatic carbocycles. The molecule has 1 N–H and O–H groups in total. The molecule has 5 heterocycles. The fraction of sp³-hybridized carbons (Fsp3) is 0.308. The van der Waals surface area contributed by atoms with E-state index >= 15 is 0 Å². The topological polar surface area (TPSA) is 108 Å². The maximum Gasteiger partial charge on any atom is 0.343 e. The number of cyclic esters (lactones) is 1. The summed E-state index contributed by atoms with van der Waals surface area (Å²) in [5.74, 6) is -1.38. The molecule has 0 spiro atoms. The number of nitrogens with zero attached hydrogens (tertiary/aromatic N) is 4. The average molecular weight is 488 g/mol. The molecule has 1 saturated carbocycles. The maximum atomic E-state index is 14.3. The number of hydrogen-bond donors (Lipinski definition) is 1. The van der Waals surface area contributed by atoms with Gasteiger partial charge in [-0.25, -0.2) is 9.18 Å². The third-order valence-electron chi connectivity index (χ3n) is 7.60. The van der Waals surface area contributed by atoms with Crippen LogP contribution in [-0.4, -0.2) is 30.0 Å². The molecule has 10 heteroatoms. The zero-order valence-corrected chi connectivity index (χ0v) is 19.3. The summed E-state index contributed by atoms with van der Waals surface area (Å²) in [5, 5.41) is 15.8. The van der Waals surface area contributed by atoms with Crippen LogP contribution in [0.3, 0.4) is 0 Å². The van der Waals surface area contributed by atoms with Gasteiger partial charge in [0.15, 0.2) is 11.0 Å². The molecule has 3 aromatic heterocycles. The number of carbonyl (C=O) groups excluding carboxylic acids is 1. The Morgan fingerprint density at radius 3 is 2.78 bits per heavy atom. The Bertz CT molecular complexity index is 1760. The zero-order chi connectivity index (χ0) is 24.9. The molecule has 36 heavy (non-hydrogen) atoms. The highest BCUT2D eigenvalue weighted by Gasteiger charge is 2.45. The minimum absolute atomic E-state index is 0.00208. The van der Waals surface area contributed by atoms with E-state index in [0.717, 1.165) is 12.8 Å². The van der Waals surface area contributed by atoms with Crippen molar-refractivity contribution in [1.29, 1.82) is 0 Å². The van der Waals surface area contributed by atoms with Crippen molar-refractivity contribution in [3.63, 3.8) is 0 Å². The number of fused-ring (bicyclic) bond motifs is 5. The van der Waals surface area contributed by atoms with E-state index in [9.17, 15) is 23.9 Å². The minimum atomic E-state index is -1.99. The van der Waals surface area contributed by atoms with Crippen LogP contribution in [0, 0.1) is 5.82 Å². The van der Waals surface area contributed by atoms with Crippen molar-refractivity contribution in [2.45, 2.75) is 51.0 Å². The fourth-order valence-electron chi connectivity index (χ4n) is 5.51. The van der Waals surface area contributed by atoms with Crippen molar-refractivity contribution < 1.29 is 19.0 Å². The van der Waals surface area contributed by atoms with Crippen LogP contribution in [-0.2, 0) is 28.3 Å². The van der Waals surface area contributed by atoms with Gasteiger partial charge in [0.05, 0.1) is 52.5 Å². The fourth-order valence-corrected chi connectivity index (χ4v) is 5.51. The second-order valence-corrected chi connectivity index (χ2v) is 9.66. The zero-order valence-electron chi connectivity index (χ0n) is 19.3. The Balaban J connectivity index is 1.56. The molecule has 0 bridgehead atoms. The molecule has 0 unspecified atom stereocenters. The van der Waals surface area contributed by atoms with Crippen molar-refractivity contribution >= 4 is 16.9 Å². The highest BCUT2D eigenvalue weighted by molar-refractivity contribution is 5.89. The largest absolute Gasteiger partial charge is 0.458 e. The number of pyridine rings is 2. The van der Waals surface area contributed by atoms with Crippen LogP contribution in [0.15, 0.2) is 46.2 Å². The molecular formula is C26H21FN4O5. The van der Waals surface area contributed by atoms with E-state index < -0.39 is 28.4 Å².